The van der Waals surface area contributed by atoms with E-state index < -0.39 is 23.1 Å². The summed E-state index contributed by atoms with van der Waals surface area (Å²) in [6, 6.07) is 9.55. The first-order chi connectivity index (χ1) is 14.3. The van der Waals surface area contributed by atoms with Gasteiger partial charge in [0.15, 0.2) is 0 Å². The summed E-state index contributed by atoms with van der Waals surface area (Å²) in [5.74, 6) is -0.579. The summed E-state index contributed by atoms with van der Waals surface area (Å²) in [5.41, 5.74) is 0.0340. The molecule has 0 bridgehead atoms. The molecule has 9 heteroatoms. The average Bonchev–Trinajstić information content (AvgIpc) is 2.73. The lowest BCUT2D eigenvalue weighted by Crippen LogP contribution is -2.47. The van der Waals surface area contributed by atoms with Crippen LogP contribution in [-0.2, 0) is 12.7 Å². The number of nitrogens with zero attached hydrogens (tertiary/aromatic N) is 4. The van der Waals surface area contributed by atoms with Gasteiger partial charge in [-0.25, -0.2) is 9.37 Å². The molecule has 2 aromatic carbocycles. The first kappa shape index (κ1) is 20.3. The van der Waals surface area contributed by atoms with E-state index in [-0.39, 0.29) is 5.39 Å². The Bertz CT molecular complexity index is 1090. The number of aromatic nitrogens is 2. The highest BCUT2D eigenvalue weighted by molar-refractivity contribution is 5.77. The van der Waals surface area contributed by atoms with E-state index in [0.717, 1.165) is 17.8 Å². The number of alkyl halides is 3. The minimum atomic E-state index is -4.34. The Hall–Kier alpha value is -2.94. The molecule has 0 spiro atoms. The maximum absolute atomic E-state index is 14.0. The summed E-state index contributed by atoms with van der Waals surface area (Å²) in [6.45, 7) is 3.75. The maximum atomic E-state index is 14.0. The molecule has 1 saturated heterocycles. The molecule has 0 radical (unpaired) electrons. The lowest BCUT2D eigenvalue weighted by Gasteiger charge is -2.36. The van der Waals surface area contributed by atoms with Gasteiger partial charge >= 0.3 is 6.18 Å². The Morgan fingerprint density at radius 2 is 1.63 bits per heavy atom. The molecular weight excluding hydrogens is 400 g/mol. The third kappa shape index (κ3) is 4.16. The van der Waals surface area contributed by atoms with Gasteiger partial charge in [-0.2, -0.15) is 13.2 Å². The molecule has 1 aliphatic heterocycles. The van der Waals surface area contributed by atoms with E-state index in [2.05, 4.69) is 9.88 Å². The zero-order chi connectivity index (χ0) is 21.3. The Morgan fingerprint density at radius 3 is 2.30 bits per heavy atom. The maximum Gasteiger partial charge on any atom is 0.416 e. The number of fused-ring (bicyclic) bond motifs is 1. The van der Waals surface area contributed by atoms with Crippen LogP contribution in [0.5, 0.6) is 0 Å². The van der Waals surface area contributed by atoms with Crippen molar-refractivity contribution >= 4 is 16.6 Å². The van der Waals surface area contributed by atoms with Crippen LogP contribution in [0.3, 0.4) is 0 Å². The highest BCUT2D eigenvalue weighted by atomic mass is 19.4. The fraction of sp³-hybridized carbons (Fsp3) is 0.333. The highest BCUT2D eigenvalue weighted by Gasteiger charge is 2.30. The van der Waals surface area contributed by atoms with E-state index in [4.69, 9.17) is 0 Å². The van der Waals surface area contributed by atoms with Crippen molar-refractivity contribution in [3.63, 3.8) is 0 Å². The molecule has 0 aliphatic carbocycles. The van der Waals surface area contributed by atoms with Crippen LogP contribution >= 0.6 is 0 Å². The molecule has 0 saturated carbocycles. The second kappa shape index (κ2) is 8.06. The van der Waals surface area contributed by atoms with Crippen molar-refractivity contribution in [2.45, 2.75) is 12.7 Å². The van der Waals surface area contributed by atoms with Gasteiger partial charge in [0.05, 0.1) is 17.4 Å². The van der Waals surface area contributed by atoms with Crippen LogP contribution in [0, 0.1) is 5.82 Å². The highest BCUT2D eigenvalue weighted by Crippen LogP contribution is 2.30. The van der Waals surface area contributed by atoms with E-state index in [1.54, 1.807) is 6.07 Å². The van der Waals surface area contributed by atoms with Crippen LogP contribution < -0.4 is 10.5 Å². The van der Waals surface area contributed by atoms with Gasteiger partial charge in [-0.15, -0.1) is 0 Å². The number of hydrogen-bond donors (Lipinski definition) is 0. The van der Waals surface area contributed by atoms with Crippen molar-refractivity contribution < 1.29 is 17.6 Å². The van der Waals surface area contributed by atoms with Crippen molar-refractivity contribution in [2.24, 2.45) is 0 Å². The van der Waals surface area contributed by atoms with Gasteiger partial charge in [0.2, 0.25) is 0 Å². The monoisotopic (exact) mass is 420 g/mol. The van der Waals surface area contributed by atoms with E-state index in [1.165, 1.54) is 35.2 Å². The Balaban J connectivity index is 1.36. The fourth-order valence-electron chi connectivity index (χ4n) is 3.66. The quantitative estimate of drug-likeness (QED) is 0.607. The Morgan fingerprint density at radius 1 is 0.933 bits per heavy atom. The van der Waals surface area contributed by atoms with Crippen LogP contribution in [0.1, 0.15) is 5.56 Å². The molecular formula is C21H20F4N4O. The van der Waals surface area contributed by atoms with E-state index in [1.807, 2.05) is 4.90 Å². The van der Waals surface area contributed by atoms with Gasteiger partial charge in [-0.1, -0.05) is 6.07 Å². The predicted molar refractivity (Wildman–Crippen MR) is 106 cm³/mol. The van der Waals surface area contributed by atoms with Crippen LogP contribution in [-0.4, -0.2) is 47.2 Å². The standard InChI is InChI=1S/C21H20F4N4O/c22-17-2-1-3-18-19(17)20(30)29(14-26-18)13-10-27-8-11-28(12-9-27)16-6-4-15(5-7-16)21(23,24)25/h1-7,14H,8-13H2. The largest absolute Gasteiger partial charge is 0.416 e. The van der Waals surface area contributed by atoms with Crippen molar-refractivity contribution in [2.75, 3.05) is 37.6 Å². The van der Waals surface area contributed by atoms with Crippen molar-refractivity contribution in [1.29, 1.82) is 0 Å². The molecule has 0 N–H and O–H groups in total. The number of halogens is 4. The first-order valence-corrected chi connectivity index (χ1v) is 9.61. The Kier molecular flexibility index (Phi) is 5.46. The molecule has 158 valence electrons. The molecule has 1 aliphatic rings. The summed E-state index contributed by atoms with van der Waals surface area (Å²) in [7, 11) is 0. The van der Waals surface area contributed by atoms with Crippen LogP contribution in [0.15, 0.2) is 53.6 Å². The minimum Gasteiger partial charge on any atom is -0.369 e. The van der Waals surface area contributed by atoms with Gasteiger partial charge in [0.1, 0.15) is 11.2 Å². The molecule has 5 nitrogen and oxygen atoms in total. The summed E-state index contributed by atoms with van der Waals surface area (Å²) in [5, 5.41) is -0.00729. The number of benzene rings is 2. The number of piperazine rings is 1. The molecule has 30 heavy (non-hydrogen) atoms. The van der Waals surface area contributed by atoms with E-state index in [0.29, 0.717) is 44.8 Å². The average molecular weight is 420 g/mol. The van der Waals surface area contributed by atoms with Gasteiger partial charge in [-0.3, -0.25) is 14.3 Å². The Labute approximate surface area is 170 Å². The molecule has 1 aromatic heterocycles. The zero-order valence-corrected chi connectivity index (χ0v) is 16.1. The van der Waals surface area contributed by atoms with Crippen LogP contribution in [0.2, 0.25) is 0 Å². The smallest absolute Gasteiger partial charge is 0.369 e. The number of anilines is 1. The number of hydrogen-bond acceptors (Lipinski definition) is 4. The van der Waals surface area contributed by atoms with Crippen molar-refractivity contribution in [3.8, 4) is 0 Å². The van der Waals surface area contributed by atoms with Gasteiger partial charge < -0.3 is 4.90 Å². The van der Waals surface area contributed by atoms with Crippen molar-refractivity contribution in [1.82, 2.24) is 14.5 Å². The molecule has 1 fully saturated rings. The fourth-order valence-corrected chi connectivity index (χ4v) is 3.66. The second-order valence-corrected chi connectivity index (χ2v) is 7.25. The molecule has 2 heterocycles. The minimum absolute atomic E-state index is 0.00729. The first-order valence-electron chi connectivity index (χ1n) is 9.61. The number of rotatable bonds is 4. The molecule has 0 unspecified atom stereocenters. The zero-order valence-electron chi connectivity index (χ0n) is 16.1. The summed E-state index contributed by atoms with van der Waals surface area (Å²) in [4.78, 5) is 20.9. The summed E-state index contributed by atoms with van der Waals surface area (Å²) < 4.78 is 53.5. The van der Waals surface area contributed by atoms with Crippen LogP contribution in [0.4, 0.5) is 23.2 Å². The lowest BCUT2D eigenvalue weighted by molar-refractivity contribution is -0.137. The van der Waals surface area contributed by atoms with Crippen LogP contribution in [0.25, 0.3) is 10.9 Å². The van der Waals surface area contributed by atoms with E-state index >= 15 is 0 Å². The third-order valence-corrected chi connectivity index (χ3v) is 5.39. The SMILES string of the molecule is O=c1c2c(F)cccc2ncn1CCN1CCN(c2ccc(C(F)(F)F)cc2)CC1. The molecule has 4 rings (SSSR count). The molecule has 0 amide bonds. The van der Waals surface area contributed by atoms with E-state index in [9.17, 15) is 22.4 Å². The lowest BCUT2D eigenvalue weighted by atomic mass is 10.1. The third-order valence-electron chi connectivity index (χ3n) is 5.39. The summed E-state index contributed by atoms with van der Waals surface area (Å²) >= 11 is 0. The van der Waals surface area contributed by atoms with Gasteiger partial charge in [0, 0.05) is 45.0 Å². The predicted octanol–water partition coefficient (Wildman–Crippen LogP) is 3.38. The summed E-state index contributed by atoms with van der Waals surface area (Å²) in [6.07, 6.45) is -2.90. The molecule has 0 atom stereocenters. The normalized spacial score (nSPS) is 15.7. The van der Waals surface area contributed by atoms with Gasteiger partial charge in [0.25, 0.3) is 5.56 Å². The van der Waals surface area contributed by atoms with Crippen molar-refractivity contribution in [3.05, 3.63) is 70.5 Å². The van der Waals surface area contributed by atoms with Gasteiger partial charge in [-0.05, 0) is 36.4 Å². The second-order valence-electron chi connectivity index (χ2n) is 7.25. The topological polar surface area (TPSA) is 41.4 Å². The molecule has 3 aromatic rings.